The predicted octanol–water partition coefficient (Wildman–Crippen LogP) is 1.50. The molecule has 0 aliphatic rings. The molecule has 0 radical (unpaired) electrons. The number of nitrogens with two attached hydrogens (primary N) is 1. The van der Waals surface area contributed by atoms with Crippen molar-refractivity contribution in [2.75, 3.05) is 6.26 Å². The van der Waals surface area contributed by atoms with Gasteiger partial charge in [-0.3, -0.25) is 4.79 Å². The highest BCUT2D eigenvalue weighted by atomic mass is 32.2. The summed E-state index contributed by atoms with van der Waals surface area (Å²) in [6.45, 7) is 2.13. The van der Waals surface area contributed by atoms with E-state index in [1.165, 1.54) is 23.5 Å². The van der Waals surface area contributed by atoms with Gasteiger partial charge in [-0.15, -0.1) is 11.3 Å². The van der Waals surface area contributed by atoms with Crippen LogP contribution in [0.15, 0.2) is 34.5 Å². The second-order valence-electron chi connectivity index (χ2n) is 4.87. The monoisotopic (exact) mass is 339 g/mol. The maximum absolute atomic E-state index is 12.1. The van der Waals surface area contributed by atoms with Crippen LogP contribution in [0.5, 0.6) is 0 Å². The van der Waals surface area contributed by atoms with Crippen LogP contribution in [-0.2, 0) is 16.4 Å². The van der Waals surface area contributed by atoms with Crippen LogP contribution in [0.1, 0.15) is 34.0 Å². The fraction of sp³-hybridized carbons (Fsp3) is 0.286. The first kappa shape index (κ1) is 16.6. The van der Waals surface area contributed by atoms with E-state index in [9.17, 15) is 13.2 Å². The molecule has 0 spiro atoms. The molecule has 0 saturated carbocycles. The molecule has 0 fully saturated rings. The molecule has 2 aromatic rings. The van der Waals surface area contributed by atoms with Crippen molar-refractivity contribution in [3.8, 4) is 0 Å². The number of thiazole rings is 1. The number of carbonyl (C=O) groups is 1. The summed E-state index contributed by atoms with van der Waals surface area (Å²) >= 11 is 1.34. The summed E-state index contributed by atoms with van der Waals surface area (Å²) in [5.41, 5.74) is 6.62. The minimum Gasteiger partial charge on any atom is -0.344 e. The number of sulfone groups is 1. The average molecular weight is 339 g/mol. The number of nitrogens with one attached hydrogen (secondary N) is 1. The van der Waals surface area contributed by atoms with Gasteiger partial charge in [-0.1, -0.05) is 12.1 Å². The van der Waals surface area contributed by atoms with E-state index in [-0.39, 0.29) is 16.8 Å². The van der Waals surface area contributed by atoms with Gasteiger partial charge >= 0.3 is 0 Å². The Kier molecular flexibility index (Phi) is 4.94. The lowest BCUT2D eigenvalue weighted by molar-refractivity contribution is 0.0935. The van der Waals surface area contributed by atoms with Crippen LogP contribution in [0.25, 0.3) is 0 Å². The van der Waals surface area contributed by atoms with Crippen LogP contribution < -0.4 is 11.1 Å². The highest BCUT2D eigenvalue weighted by Crippen LogP contribution is 2.17. The molecule has 3 N–H and O–H groups in total. The largest absolute Gasteiger partial charge is 0.344 e. The number of rotatable bonds is 5. The van der Waals surface area contributed by atoms with E-state index in [1.54, 1.807) is 17.5 Å². The zero-order valence-electron chi connectivity index (χ0n) is 12.2. The Morgan fingerprint density at radius 3 is 2.50 bits per heavy atom. The van der Waals surface area contributed by atoms with Gasteiger partial charge in [0.25, 0.3) is 5.91 Å². The van der Waals surface area contributed by atoms with Crippen molar-refractivity contribution in [3.05, 3.63) is 45.9 Å². The van der Waals surface area contributed by atoms with E-state index >= 15 is 0 Å². The highest BCUT2D eigenvalue weighted by Gasteiger charge is 2.15. The molecule has 8 heteroatoms. The summed E-state index contributed by atoms with van der Waals surface area (Å²) in [4.78, 5) is 16.5. The van der Waals surface area contributed by atoms with E-state index in [4.69, 9.17) is 5.73 Å². The Bertz CT molecular complexity index is 767. The normalized spacial score (nSPS) is 12.9. The molecule has 1 aromatic heterocycles. The Morgan fingerprint density at radius 1 is 1.36 bits per heavy atom. The van der Waals surface area contributed by atoms with Crippen LogP contribution in [0, 0.1) is 0 Å². The third kappa shape index (κ3) is 3.90. The zero-order valence-corrected chi connectivity index (χ0v) is 13.9. The van der Waals surface area contributed by atoms with Crippen LogP contribution in [-0.4, -0.2) is 25.6 Å². The van der Waals surface area contributed by atoms with Crippen molar-refractivity contribution in [1.82, 2.24) is 10.3 Å². The Labute approximate surface area is 133 Å². The van der Waals surface area contributed by atoms with Crippen LogP contribution >= 0.6 is 11.3 Å². The van der Waals surface area contributed by atoms with Crippen molar-refractivity contribution in [3.63, 3.8) is 0 Å². The van der Waals surface area contributed by atoms with Gasteiger partial charge in [-0.2, -0.15) is 0 Å². The lowest BCUT2D eigenvalue weighted by Crippen LogP contribution is -2.27. The highest BCUT2D eigenvalue weighted by molar-refractivity contribution is 7.90. The first-order valence-electron chi connectivity index (χ1n) is 6.56. The molecule has 0 bridgehead atoms. The third-order valence-corrected chi connectivity index (χ3v) is 5.11. The topological polar surface area (TPSA) is 102 Å². The van der Waals surface area contributed by atoms with Crippen molar-refractivity contribution >= 4 is 27.1 Å². The van der Waals surface area contributed by atoms with Crippen LogP contribution in [0.3, 0.4) is 0 Å². The molecule has 1 amide bonds. The van der Waals surface area contributed by atoms with Gasteiger partial charge in [-0.05, 0) is 24.6 Å². The molecular weight excluding hydrogens is 322 g/mol. The van der Waals surface area contributed by atoms with Crippen LogP contribution in [0.4, 0.5) is 0 Å². The lowest BCUT2D eigenvalue weighted by Gasteiger charge is -2.13. The van der Waals surface area contributed by atoms with Gasteiger partial charge in [0.1, 0.15) is 10.7 Å². The summed E-state index contributed by atoms with van der Waals surface area (Å²) in [7, 11) is -3.22. The maximum Gasteiger partial charge on any atom is 0.271 e. The summed E-state index contributed by atoms with van der Waals surface area (Å²) in [5, 5.41) is 5.19. The first-order valence-corrected chi connectivity index (χ1v) is 9.33. The Hall–Kier alpha value is -1.77. The first-order chi connectivity index (χ1) is 10.3. The molecule has 2 rings (SSSR count). The summed E-state index contributed by atoms with van der Waals surface area (Å²) in [5.74, 6) is -0.282. The number of nitrogens with zero attached hydrogens (tertiary/aromatic N) is 1. The number of hydrogen-bond acceptors (Lipinski definition) is 6. The standard InChI is InChI=1S/C14H17N3O3S2/c1-9(10-3-5-11(6-4-10)22(2,19)20)16-14(18)12-8-21-13(7-15)17-12/h3-6,8-9H,7,15H2,1-2H3,(H,16,18). The Morgan fingerprint density at radius 2 is 2.00 bits per heavy atom. The van der Waals surface area contributed by atoms with E-state index < -0.39 is 9.84 Å². The third-order valence-electron chi connectivity index (χ3n) is 3.11. The van der Waals surface area contributed by atoms with Crippen molar-refractivity contribution < 1.29 is 13.2 Å². The molecular formula is C14H17N3O3S2. The molecule has 1 aromatic carbocycles. The Balaban J connectivity index is 2.08. The van der Waals surface area contributed by atoms with E-state index in [0.717, 1.165) is 11.8 Å². The quantitative estimate of drug-likeness (QED) is 0.859. The van der Waals surface area contributed by atoms with E-state index in [0.29, 0.717) is 17.2 Å². The summed E-state index contributed by atoms with van der Waals surface area (Å²) in [6, 6.07) is 6.18. The number of benzene rings is 1. The van der Waals surface area contributed by atoms with Gasteiger partial charge in [0.15, 0.2) is 9.84 Å². The molecule has 1 atom stereocenters. The molecule has 118 valence electrons. The molecule has 22 heavy (non-hydrogen) atoms. The summed E-state index contributed by atoms with van der Waals surface area (Å²) < 4.78 is 22.8. The molecule has 0 aliphatic heterocycles. The number of aromatic nitrogens is 1. The van der Waals surface area contributed by atoms with Crippen molar-refractivity contribution in [2.45, 2.75) is 24.4 Å². The molecule has 0 saturated heterocycles. The number of carbonyl (C=O) groups excluding carboxylic acids is 1. The maximum atomic E-state index is 12.1. The van der Waals surface area contributed by atoms with Crippen molar-refractivity contribution in [1.29, 1.82) is 0 Å². The van der Waals surface area contributed by atoms with Gasteiger partial charge in [0.2, 0.25) is 0 Å². The van der Waals surface area contributed by atoms with Crippen LogP contribution in [0.2, 0.25) is 0 Å². The second kappa shape index (κ2) is 6.55. The molecule has 1 unspecified atom stereocenters. The minimum atomic E-state index is -3.22. The minimum absolute atomic E-state index is 0.252. The van der Waals surface area contributed by atoms with Gasteiger partial charge in [0.05, 0.1) is 10.9 Å². The smallest absolute Gasteiger partial charge is 0.271 e. The fourth-order valence-corrected chi connectivity index (χ4v) is 3.15. The number of amides is 1. The van der Waals surface area contributed by atoms with E-state index in [2.05, 4.69) is 10.3 Å². The lowest BCUT2D eigenvalue weighted by atomic mass is 10.1. The fourth-order valence-electron chi connectivity index (χ4n) is 1.87. The second-order valence-corrected chi connectivity index (χ2v) is 7.83. The number of hydrogen-bond donors (Lipinski definition) is 2. The summed E-state index contributed by atoms with van der Waals surface area (Å²) in [6.07, 6.45) is 1.16. The molecule has 1 heterocycles. The average Bonchev–Trinajstić information content (AvgIpc) is 2.95. The van der Waals surface area contributed by atoms with Gasteiger partial charge in [-0.25, -0.2) is 13.4 Å². The zero-order chi connectivity index (χ0) is 16.3. The van der Waals surface area contributed by atoms with Crippen molar-refractivity contribution in [2.24, 2.45) is 5.73 Å². The van der Waals surface area contributed by atoms with Gasteiger partial charge < -0.3 is 11.1 Å². The molecule has 0 aliphatic carbocycles. The predicted molar refractivity (Wildman–Crippen MR) is 85.4 cm³/mol. The van der Waals surface area contributed by atoms with Gasteiger partial charge in [0, 0.05) is 18.2 Å². The molecule has 6 nitrogen and oxygen atoms in total. The van der Waals surface area contributed by atoms with E-state index in [1.807, 2.05) is 6.92 Å². The SMILES string of the molecule is CC(NC(=O)c1csc(CN)n1)c1ccc(S(C)(=O)=O)cc1.